The van der Waals surface area contributed by atoms with Gasteiger partial charge in [0.25, 0.3) is 5.91 Å². The summed E-state index contributed by atoms with van der Waals surface area (Å²) < 4.78 is 22.4. The maximum absolute atomic E-state index is 12.1. The van der Waals surface area contributed by atoms with Gasteiger partial charge in [-0.25, -0.2) is 13.6 Å². The van der Waals surface area contributed by atoms with Gasteiger partial charge in [0.05, 0.1) is 4.90 Å². The van der Waals surface area contributed by atoms with Crippen LogP contribution in [-0.4, -0.2) is 20.4 Å². The van der Waals surface area contributed by atoms with Gasteiger partial charge in [-0.2, -0.15) is 0 Å². The SMILES string of the molecule is CCC(CC)NC(=O)c1ccc(S(N)(=O)=O)cc1C. The molecule has 0 atom stereocenters. The van der Waals surface area contributed by atoms with Gasteiger partial charge in [-0.05, 0) is 43.5 Å². The quantitative estimate of drug-likeness (QED) is 0.860. The fourth-order valence-corrected chi connectivity index (χ4v) is 2.42. The molecule has 106 valence electrons. The van der Waals surface area contributed by atoms with Gasteiger partial charge in [0.15, 0.2) is 0 Å². The second-order valence-electron chi connectivity index (χ2n) is 4.51. The van der Waals surface area contributed by atoms with Crippen LogP contribution < -0.4 is 10.5 Å². The summed E-state index contributed by atoms with van der Waals surface area (Å²) in [6.45, 7) is 5.70. The van der Waals surface area contributed by atoms with E-state index < -0.39 is 10.0 Å². The van der Waals surface area contributed by atoms with Gasteiger partial charge in [0.1, 0.15) is 0 Å². The number of aryl methyl sites for hydroxylation is 1. The molecule has 0 saturated carbocycles. The van der Waals surface area contributed by atoms with Gasteiger partial charge in [-0.15, -0.1) is 0 Å². The fourth-order valence-electron chi connectivity index (χ4n) is 1.82. The van der Waals surface area contributed by atoms with Crippen LogP contribution in [-0.2, 0) is 10.0 Å². The summed E-state index contributed by atoms with van der Waals surface area (Å²) in [5.41, 5.74) is 1.06. The van der Waals surface area contributed by atoms with Crippen LogP contribution in [0.5, 0.6) is 0 Å². The number of sulfonamides is 1. The molecule has 5 nitrogen and oxygen atoms in total. The Bertz CT molecular complexity index is 563. The molecule has 0 aliphatic carbocycles. The zero-order valence-corrected chi connectivity index (χ0v) is 12.3. The minimum absolute atomic E-state index is 0.0177. The number of benzene rings is 1. The van der Waals surface area contributed by atoms with Crippen molar-refractivity contribution >= 4 is 15.9 Å². The van der Waals surface area contributed by atoms with Crippen molar-refractivity contribution in [1.82, 2.24) is 5.32 Å². The molecular formula is C13H20N2O3S. The van der Waals surface area contributed by atoms with Crippen LogP contribution in [0.15, 0.2) is 23.1 Å². The number of amides is 1. The molecule has 0 heterocycles. The Labute approximate surface area is 114 Å². The molecule has 1 rings (SSSR count). The Morgan fingerprint density at radius 1 is 1.32 bits per heavy atom. The molecule has 0 bridgehead atoms. The standard InChI is InChI=1S/C13H20N2O3S/c1-4-10(5-2)15-13(16)12-7-6-11(8-9(12)3)19(14,17)18/h6-8,10H,4-5H2,1-3H3,(H,15,16)(H2,14,17,18). The summed E-state index contributed by atoms with van der Waals surface area (Å²) in [5.74, 6) is -0.188. The zero-order chi connectivity index (χ0) is 14.6. The Hall–Kier alpha value is -1.40. The maximum atomic E-state index is 12.1. The Balaban J connectivity index is 3.00. The van der Waals surface area contributed by atoms with Crippen LogP contribution in [0, 0.1) is 6.92 Å². The van der Waals surface area contributed by atoms with Crippen LogP contribution in [0.3, 0.4) is 0 Å². The van der Waals surface area contributed by atoms with Crippen molar-refractivity contribution in [3.8, 4) is 0 Å². The maximum Gasteiger partial charge on any atom is 0.251 e. The molecule has 0 radical (unpaired) electrons. The summed E-state index contributed by atoms with van der Waals surface area (Å²) in [6, 6.07) is 4.39. The molecule has 3 N–H and O–H groups in total. The van der Waals surface area contributed by atoms with Gasteiger partial charge in [0, 0.05) is 11.6 Å². The van der Waals surface area contributed by atoms with Crippen molar-refractivity contribution in [3.05, 3.63) is 29.3 Å². The second-order valence-corrected chi connectivity index (χ2v) is 6.07. The third-order valence-corrected chi connectivity index (χ3v) is 4.00. The predicted octanol–water partition coefficient (Wildman–Crippen LogP) is 1.56. The van der Waals surface area contributed by atoms with E-state index in [0.29, 0.717) is 11.1 Å². The highest BCUT2D eigenvalue weighted by atomic mass is 32.2. The first-order valence-corrected chi connectivity index (χ1v) is 7.78. The summed E-state index contributed by atoms with van der Waals surface area (Å²) >= 11 is 0. The number of carbonyl (C=O) groups is 1. The summed E-state index contributed by atoms with van der Waals surface area (Å²) in [5, 5.41) is 7.96. The molecule has 19 heavy (non-hydrogen) atoms. The fraction of sp³-hybridized carbons (Fsp3) is 0.462. The number of carbonyl (C=O) groups excluding carboxylic acids is 1. The van der Waals surface area contributed by atoms with E-state index in [1.807, 2.05) is 13.8 Å². The summed E-state index contributed by atoms with van der Waals surface area (Å²) in [4.78, 5) is 12.1. The van der Waals surface area contributed by atoms with Crippen LogP contribution in [0.25, 0.3) is 0 Å². The van der Waals surface area contributed by atoms with Gasteiger partial charge in [-0.1, -0.05) is 13.8 Å². The van der Waals surface area contributed by atoms with Gasteiger partial charge in [-0.3, -0.25) is 4.79 Å². The molecule has 1 aromatic carbocycles. The molecule has 0 aliphatic rings. The van der Waals surface area contributed by atoms with E-state index in [1.54, 1.807) is 6.92 Å². The first-order chi connectivity index (χ1) is 8.79. The molecule has 0 spiro atoms. The summed E-state index contributed by atoms with van der Waals surface area (Å²) in [7, 11) is -3.73. The summed E-state index contributed by atoms with van der Waals surface area (Å²) in [6.07, 6.45) is 1.72. The van der Waals surface area contributed by atoms with Crippen LogP contribution >= 0.6 is 0 Å². The van der Waals surface area contributed by atoms with Crippen molar-refractivity contribution in [2.24, 2.45) is 5.14 Å². The van der Waals surface area contributed by atoms with Gasteiger partial charge in [0.2, 0.25) is 10.0 Å². The monoisotopic (exact) mass is 284 g/mol. The molecule has 0 fully saturated rings. The van der Waals surface area contributed by atoms with Crippen LogP contribution in [0.1, 0.15) is 42.6 Å². The molecular weight excluding hydrogens is 264 g/mol. The second kappa shape index (κ2) is 6.16. The highest BCUT2D eigenvalue weighted by Gasteiger charge is 2.15. The lowest BCUT2D eigenvalue weighted by molar-refractivity contribution is 0.0934. The first kappa shape index (κ1) is 15.7. The van der Waals surface area contributed by atoms with E-state index >= 15 is 0 Å². The van der Waals surface area contributed by atoms with Crippen molar-refractivity contribution < 1.29 is 13.2 Å². The van der Waals surface area contributed by atoms with Gasteiger partial charge < -0.3 is 5.32 Å². The average molecular weight is 284 g/mol. The smallest absolute Gasteiger partial charge is 0.251 e. The van der Waals surface area contributed by atoms with E-state index in [9.17, 15) is 13.2 Å². The first-order valence-electron chi connectivity index (χ1n) is 6.23. The predicted molar refractivity (Wildman–Crippen MR) is 74.4 cm³/mol. The Morgan fingerprint density at radius 3 is 2.32 bits per heavy atom. The van der Waals surface area contributed by atoms with Gasteiger partial charge >= 0.3 is 0 Å². The molecule has 0 aliphatic heterocycles. The molecule has 0 unspecified atom stereocenters. The number of nitrogens with two attached hydrogens (primary N) is 1. The van der Waals surface area contributed by atoms with E-state index in [-0.39, 0.29) is 16.8 Å². The number of hydrogen-bond donors (Lipinski definition) is 2. The zero-order valence-electron chi connectivity index (χ0n) is 11.4. The van der Waals surface area contributed by atoms with Crippen LogP contribution in [0.2, 0.25) is 0 Å². The number of primary sulfonamides is 1. The lowest BCUT2D eigenvalue weighted by Crippen LogP contribution is -2.34. The van der Waals surface area contributed by atoms with Crippen molar-refractivity contribution in [1.29, 1.82) is 0 Å². The Morgan fingerprint density at radius 2 is 1.89 bits per heavy atom. The Kier molecular flexibility index (Phi) is 5.08. The molecule has 1 aromatic rings. The molecule has 0 aromatic heterocycles. The van der Waals surface area contributed by atoms with Crippen molar-refractivity contribution in [3.63, 3.8) is 0 Å². The lowest BCUT2D eigenvalue weighted by Gasteiger charge is -2.16. The minimum Gasteiger partial charge on any atom is -0.349 e. The number of rotatable bonds is 5. The van der Waals surface area contributed by atoms with E-state index in [4.69, 9.17) is 5.14 Å². The van der Waals surface area contributed by atoms with E-state index in [2.05, 4.69) is 5.32 Å². The number of nitrogens with one attached hydrogen (secondary N) is 1. The topological polar surface area (TPSA) is 89.3 Å². The number of hydrogen-bond acceptors (Lipinski definition) is 3. The highest BCUT2D eigenvalue weighted by molar-refractivity contribution is 7.89. The van der Waals surface area contributed by atoms with Crippen LogP contribution in [0.4, 0.5) is 0 Å². The van der Waals surface area contributed by atoms with Crippen molar-refractivity contribution in [2.75, 3.05) is 0 Å². The largest absolute Gasteiger partial charge is 0.349 e. The highest BCUT2D eigenvalue weighted by Crippen LogP contribution is 2.15. The third kappa shape index (κ3) is 4.04. The van der Waals surface area contributed by atoms with E-state index in [0.717, 1.165) is 12.8 Å². The molecule has 1 amide bonds. The molecule has 0 saturated heterocycles. The average Bonchev–Trinajstić information content (AvgIpc) is 2.34. The normalized spacial score (nSPS) is 11.6. The lowest BCUT2D eigenvalue weighted by atomic mass is 10.1. The minimum atomic E-state index is -3.73. The third-order valence-electron chi connectivity index (χ3n) is 3.09. The van der Waals surface area contributed by atoms with E-state index in [1.165, 1.54) is 18.2 Å². The van der Waals surface area contributed by atoms with Crippen molar-refractivity contribution in [2.45, 2.75) is 44.6 Å². The molecule has 6 heteroatoms.